The number of nitrogens with one attached hydrogen (secondary N) is 1. The van der Waals surface area contributed by atoms with E-state index in [1.807, 2.05) is 0 Å². The first kappa shape index (κ1) is 17.7. The van der Waals surface area contributed by atoms with Gasteiger partial charge in [-0.25, -0.2) is 4.98 Å². The minimum Gasteiger partial charge on any atom is -0.481 e. The van der Waals surface area contributed by atoms with Crippen molar-refractivity contribution >= 4 is 5.97 Å². The normalized spacial score (nSPS) is 12.6. The second-order valence-corrected chi connectivity index (χ2v) is 7.35. The Balaban J connectivity index is 2.31. The Bertz CT molecular complexity index is 458. The molecule has 1 heterocycles. The third kappa shape index (κ3) is 6.76. The van der Waals surface area contributed by atoms with Crippen molar-refractivity contribution in [1.82, 2.24) is 10.3 Å². The van der Waals surface area contributed by atoms with E-state index in [9.17, 15) is 4.79 Å². The molecule has 5 nitrogen and oxygen atoms in total. The highest BCUT2D eigenvalue weighted by Gasteiger charge is 2.20. The molecule has 21 heavy (non-hydrogen) atoms. The zero-order chi connectivity index (χ0) is 16.1. The zero-order valence-electron chi connectivity index (χ0n) is 13.8. The van der Waals surface area contributed by atoms with Gasteiger partial charge < -0.3 is 14.8 Å². The van der Waals surface area contributed by atoms with Crippen molar-refractivity contribution in [3.05, 3.63) is 17.8 Å². The van der Waals surface area contributed by atoms with Crippen LogP contribution in [0, 0.1) is 5.41 Å². The second kappa shape index (κ2) is 7.07. The standard InChI is InChI=1S/C16H28N2O3/c1-15(2,3)12-10-18-13(21-12)11-17-9-8-16(4,5)7-6-14(19)20/h10,17H,6-9,11H2,1-5H3,(H,19,20). The summed E-state index contributed by atoms with van der Waals surface area (Å²) in [5.74, 6) is 0.856. The number of carboxylic acid groups (broad SMARTS) is 1. The van der Waals surface area contributed by atoms with E-state index >= 15 is 0 Å². The number of hydrogen-bond donors (Lipinski definition) is 2. The van der Waals surface area contributed by atoms with Crippen LogP contribution in [0.25, 0.3) is 0 Å². The van der Waals surface area contributed by atoms with E-state index in [0.717, 1.165) is 18.7 Å². The first-order valence-corrected chi connectivity index (χ1v) is 7.48. The number of nitrogens with zero attached hydrogens (tertiary/aromatic N) is 1. The molecule has 1 rings (SSSR count). The lowest BCUT2D eigenvalue weighted by atomic mass is 9.84. The van der Waals surface area contributed by atoms with Gasteiger partial charge in [0.25, 0.3) is 0 Å². The maximum absolute atomic E-state index is 10.6. The molecule has 2 N–H and O–H groups in total. The summed E-state index contributed by atoms with van der Waals surface area (Å²) in [6, 6.07) is 0. The first-order valence-electron chi connectivity index (χ1n) is 7.48. The molecule has 0 aliphatic heterocycles. The number of rotatable bonds is 8. The van der Waals surface area contributed by atoms with Crippen LogP contribution in [0.3, 0.4) is 0 Å². The zero-order valence-corrected chi connectivity index (χ0v) is 13.8. The van der Waals surface area contributed by atoms with Gasteiger partial charge in [-0.1, -0.05) is 34.6 Å². The van der Waals surface area contributed by atoms with E-state index in [1.54, 1.807) is 6.20 Å². The van der Waals surface area contributed by atoms with Crippen LogP contribution in [0.5, 0.6) is 0 Å². The molecule has 0 aliphatic rings. The summed E-state index contributed by atoms with van der Waals surface area (Å²) in [5, 5.41) is 12.0. The SMILES string of the molecule is CC(C)(CCNCc1ncc(C(C)(C)C)o1)CCC(=O)O. The average Bonchev–Trinajstić information content (AvgIpc) is 2.81. The van der Waals surface area contributed by atoms with Crippen LogP contribution >= 0.6 is 0 Å². The van der Waals surface area contributed by atoms with Crippen molar-refractivity contribution in [2.45, 2.75) is 65.8 Å². The lowest BCUT2D eigenvalue weighted by Crippen LogP contribution is -2.23. The van der Waals surface area contributed by atoms with Crippen LogP contribution in [0.1, 0.15) is 65.5 Å². The number of hydrogen-bond acceptors (Lipinski definition) is 4. The van der Waals surface area contributed by atoms with Gasteiger partial charge in [-0.2, -0.15) is 0 Å². The van der Waals surface area contributed by atoms with Crippen molar-refractivity contribution in [3.63, 3.8) is 0 Å². The summed E-state index contributed by atoms with van der Waals surface area (Å²) in [4.78, 5) is 14.9. The van der Waals surface area contributed by atoms with Crippen LogP contribution in [-0.2, 0) is 16.8 Å². The Labute approximate surface area is 127 Å². The van der Waals surface area contributed by atoms with Gasteiger partial charge in [0.1, 0.15) is 5.76 Å². The smallest absolute Gasteiger partial charge is 0.303 e. The largest absolute Gasteiger partial charge is 0.481 e. The summed E-state index contributed by atoms with van der Waals surface area (Å²) in [5.41, 5.74) is 0.00260. The predicted octanol–water partition coefficient (Wildman–Crippen LogP) is 3.34. The average molecular weight is 296 g/mol. The molecule has 0 unspecified atom stereocenters. The summed E-state index contributed by atoms with van der Waals surface area (Å²) in [7, 11) is 0. The van der Waals surface area contributed by atoms with Gasteiger partial charge in [-0.15, -0.1) is 0 Å². The van der Waals surface area contributed by atoms with Gasteiger partial charge in [-0.3, -0.25) is 4.79 Å². The molecule has 0 aliphatic carbocycles. The molecule has 5 heteroatoms. The maximum atomic E-state index is 10.6. The molecular formula is C16H28N2O3. The molecule has 0 aromatic carbocycles. The monoisotopic (exact) mass is 296 g/mol. The summed E-state index contributed by atoms with van der Waals surface area (Å²) in [6.07, 6.45) is 3.62. The van der Waals surface area contributed by atoms with Crippen LogP contribution in [0.2, 0.25) is 0 Å². The summed E-state index contributed by atoms with van der Waals surface area (Å²) >= 11 is 0. The third-order valence-electron chi connectivity index (χ3n) is 3.56. The fraction of sp³-hybridized carbons (Fsp3) is 0.750. The lowest BCUT2D eigenvalue weighted by Gasteiger charge is -2.23. The van der Waals surface area contributed by atoms with Crippen molar-refractivity contribution < 1.29 is 14.3 Å². The molecule has 0 spiro atoms. The molecule has 0 amide bonds. The number of oxazole rings is 1. The van der Waals surface area contributed by atoms with Crippen molar-refractivity contribution in [3.8, 4) is 0 Å². The summed E-state index contributed by atoms with van der Waals surface area (Å²) < 4.78 is 5.71. The minimum absolute atomic E-state index is 0.0237. The van der Waals surface area contributed by atoms with E-state index in [4.69, 9.17) is 9.52 Å². The fourth-order valence-electron chi connectivity index (χ4n) is 1.93. The molecule has 120 valence electrons. The third-order valence-corrected chi connectivity index (χ3v) is 3.56. The molecule has 0 saturated heterocycles. The molecule has 0 fully saturated rings. The number of aliphatic carboxylic acids is 1. The van der Waals surface area contributed by atoms with Gasteiger partial charge in [0.2, 0.25) is 5.89 Å². The molecule has 0 radical (unpaired) electrons. The molecule has 1 aromatic rings. The topological polar surface area (TPSA) is 75.4 Å². The Hall–Kier alpha value is -1.36. The minimum atomic E-state index is -0.731. The number of aromatic nitrogens is 1. The van der Waals surface area contributed by atoms with E-state index in [2.05, 4.69) is 44.9 Å². The van der Waals surface area contributed by atoms with Crippen LogP contribution in [0.15, 0.2) is 10.6 Å². The van der Waals surface area contributed by atoms with E-state index in [-0.39, 0.29) is 17.3 Å². The van der Waals surface area contributed by atoms with E-state index < -0.39 is 5.97 Å². The predicted molar refractivity (Wildman–Crippen MR) is 82.2 cm³/mol. The van der Waals surface area contributed by atoms with Crippen LogP contribution < -0.4 is 5.32 Å². The second-order valence-electron chi connectivity index (χ2n) is 7.35. The van der Waals surface area contributed by atoms with Gasteiger partial charge in [-0.05, 0) is 24.8 Å². The van der Waals surface area contributed by atoms with Crippen LogP contribution in [-0.4, -0.2) is 22.6 Å². The molecule has 0 saturated carbocycles. The van der Waals surface area contributed by atoms with Crippen molar-refractivity contribution in [1.29, 1.82) is 0 Å². The highest BCUT2D eigenvalue weighted by atomic mass is 16.4. The van der Waals surface area contributed by atoms with Crippen molar-refractivity contribution in [2.75, 3.05) is 6.54 Å². The molecular weight excluding hydrogens is 268 g/mol. The van der Waals surface area contributed by atoms with E-state index in [1.165, 1.54) is 0 Å². The number of carboxylic acids is 1. The van der Waals surface area contributed by atoms with Crippen molar-refractivity contribution in [2.24, 2.45) is 5.41 Å². The Morgan fingerprint density at radius 1 is 1.29 bits per heavy atom. The fourth-order valence-corrected chi connectivity index (χ4v) is 1.93. The quantitative estimate of drug-likeness (QED) is 0.720. The highest BCUT2D eigenvalue weighted by molar-refractivity contribution is 5.66. The van der Waals surface area contributed by atoms with E-state index in [0.29, 0.717) is 18.9 Å². The van der Waals surface area contributed by atoms with Gasteiger partial charge >= 0.3 is 5.97 Å². The Morgan fingerprint density at radius 3 is 2.48 bits per heavy atom. The Kier molecular flexibility index (Phi) is 5.96. The molecule has 1 aromatic heterocycles. The number of carbonyl (C=O) groups is 1. The molecule has 0 atom stereocenters. The van der Waals surface area contributed by atoms with Gasteiger partial charge in [0.15, 0.2) is 0 Å². The van der Waals surface area contributed by atoms with Gasteiger partial charge in [0.05, 0.1) is 12.7 Å². The lowest BCUT2D eigenvalue weighted by molar-refractivity contribution is -0.137. The maximum Gasteiger partial charge on any atom is 0.303 e. The Morgan fingerprint density at radius 2 is 1.95 bits per heavy atom. The van der Waals surface area contributed by atoms with Gasteiger partial charge in [0, 0.05) is 11.8 Å². The first-order chi connectivity index (χ1) is 9.60. The van der Waals surface area contributed by atoms with Crippen LogP contribution in [0.4, 0.5) is 0 Å². The summed E-state index contributed by atoms with van der Waals surface area (Å²) in [6.45, 7) is 11.9. The highest BCUT2D eigenvalue weighted by Crippen LogP contribution is 2.26. The molecule has 0 bridgehead atoms.